The summed E-state index contributed by atoms with van der Waals surface area (Å²) in [5, 5.41) is 3.35. The van der Waals surface area contributed by atoms with Crippen LogP contribution in [0.25, 0.3) is 0 Å². The van der Waals surface area contributed by atoms with Crippen LogP contribution in [0, 0.1) is 0 Å². The van der Waals surface area contributed by atoms with Gasteiger partial charge in [0.2, 0.25) is 0 Å². The summed E-state index contributed by atoms with van der Waals surface area (Å²) in [4.78, 5) is 31.1. The van der Waals surface area contributed by atoms with Crippen LogP contribution in [0.3, 0.4) is 0 Å². The van der Waals surface area contributed by atoms with E-state index < -0.39 is 21.0 Å². The number of thiophene rings is 1. The maximum atomic E-state index is 13.3. The Bertz CT molecular complexity index is 1550. The molecular weight excluding hydrogens is 544 g/mol. The summed E-state index contributed by atoms with van der Waals surface area (Å²) in [6.07, 6.45) is 0.852. The number of amides is 1. The third-order valence-electron chi connectivity index (χ3n) is 6.29. The van der Waals surface area contributed by atoms with Crippen LogP contribution in [0.4, 0.5) is 5.69 Å². The first-order valence-electron chi connectivity index (χ1n) is 12.0. The normalized spacial score (nSPS) is 14.6. The Kier molecular flexibility index (Phi) is 7.84. The van der Waals surface area contributed by atoms with Crippen molar-refractivity contribution in [3.8, 4) is 5.75 Å². The lowest BCUT2D eigenvalue weighted by atomic mass is 9.85. The monoisotopic (exact) mass is 572 g/mol. The zero-order chi connectivity index (χ0) is 27.8. The molecule has 0 bridgehead atoms. The van der Waals surface area contributed by atoms with Gasteiger partial charge in [-0.2, -0.15) is 0 Å². The Hall–Kier alpha value is -3.01. The number of ether oxygens (including phenoxy) is 1. The standard InChI is InChI=1S/C28H29ClN2O5S2/c1-16(2)38(34,35)24-15-37-26(25(24)29)27(33)30-19-8-6-7-17(11-19)23(32)13-22-21-12-20(36-5)10-9-18(21)14-28(3,4)31-22/h6-12,15-16H,13-14H2,1-5H3,(H,30,33). The highest BCUT2D eigenvalue weighted by Gasteiger charge is 2.29. The second-order valence-electron chi connectivity index (χ2n) is 10.0. The van der Waals surface area contributed by atoms with Crippen molar-refractivity contribution in [2.75, 3.05) is 12.4 Å². The molecular formula is C28H29ClN2O5S2. The Morgan fingerprint density at radius 3 is 2.61 bits per heavy atom. The van der Waals surface area contributed by atoms with E-state index in [0.717, 1.165) is 28.9 Å². The number of sulfone groups is 1. The van der Waals surface area contributed by atoms with Gasteiger partial charge in [-0.25, -0.2) is 8.42 Å². The Labute approximate surface area is 231 Å². The lowest BCUT2D eigenvalue weighted by Crippen LogP contribution is -2.30. The molecule has 4 rings (SSSR count). The number of fused-ring (bicyclic) bond motifs is 1. The number of anilines is 1. The van der Waals surface area contributed by atoms with Crippen LogP contribution < -0.4 is 10.1 Å². The largest absolute Gasteiger partial charge is 0.497 e. The molecule has 200 valence electrons. The van der Waals surface area contributed by atoms with Crippen molar-refractivity contribution in [3.05, 3.63) is 74.4 Å². The molecule has 0 saturated carbocycles. The van der Waals surface area contributed by atoms with Gasteiger partial charge in [-0.1, -0.05) is 29.8 Å². The van der Waals surface area contributed by atoms with E-state index in [2.05, 4.69) is 5.32 Å². The van der Waals surface area contributed by atoms with Crippen molar-refractivity contribution in [1.82, 2.24) is 0 Å². The molecule has 0 atom stereocenters. The second kappa shape index (κ2) is 10.6. The number of halogens is 1. The summed E-state index contributed by atoms with van der Waals surface area (Å²) in [5.41, 5.74) is 3.18. The molecule has 1 aliphatic heterocycles. The highest BCUT2D eigenvalue weighted by atomic mass is 35.5. The molecule has 3 aromatic rings. The lowest BCUT2D eigenvalue weighted by Gasteiger charge is -2.29. The zero-order valence-corrected chi connectivity index (χ0v) is 24.2. The maximum absolute atomic E-state index is 13.3. The van der Waals surface area contributed by atoms with Gasteiger partial charge in [-0.05, 0) is 63.9 Å². The molecule has 38 heavy (non-hydrogen) atoms. The smallest absolute Gasteiger partial charge is 0.267 e. The van der Waals surface area contributed by atoms with Gasteiger partial charge < -0.3 is 10.1 Å². The molecule has 2 aromatic carbocycles. The first-order chi connectivity index (χ1) is 17.8. The molecule has 0 spiro atoms. The minimum atomic E-state index is -3.62. The van der Waals surface area contributed by atoms with Gasteiger partial charge >= 0.3 is 0 Å². The number of carbonyl (C=O) groups excluding carboxylic acids is 2. The Balaban J connectivity index is 1.55. The molecule has 0 fully saturated rings. The molecule has 1 amide bonds. The number of nitrogens with one attached hydrogen (secondary N) is 1. The predicted octanol–water partition coefficient (Wildman–Crippen LogP) is 6.24. The lowest BCUT2D eigenvalue weighted by molar-refractivity contribution is 0.0996. The Morgan fingerprint density at radius 2 is 1.92 bits per heavy atom. The summed E-state index contributed by atoms with van der Waals surface area (Å²) in [7, 11) is -2.02. The van der Waals surface area contributed by atoms with Gasteiger partial charge in [0.25, 0.3) is 5.91 Å². The van der Waals surface area contributed by atoms with E-state index in [-0.39, 0.29) is 32.5 Å². The summed E-state index contributed by atoms with van der Waals surface area (Å²) in [6.45, 7) is 7.18. The number of rotatable bonds is 8. The molecule has 10 heteroatoms. The molecule has 7 nitrogen and oxygen atoms in total. The first-order valence-corrected chi connectivity index (χ1v) is 14.8. The van der Waals surface area contributed by atoms with E-state index in [0.29, 0.717) is 22.7 Å². The molecule has 0 aliphatic carbocycles. The minimum absolute atomic E-state index is 0.0543. The summed E-state index contributed by atoms with van der Waals surface area (Å²) < 4.78 is 30.4. The van der Waals surface area contributed by atoms with E-state index >= 15 is 0 Å². The number of carbonyl (C=O) groups is 2. The highest BCUT2D eigenvalue weighted by Crippen LogP contribution is 2.34. The van der Waals surface area contributed by atoms with Gasteiger partial charge in [0.15, 0.2) is 15.6 Å². The summed E-state index contributed by atoms with van der Waals surface area (Å²) in [5.74, 6) is 0.00456. The average Bonchev–Trinajstić information content (AvgIpc) is 3.25. The van der Waals surface area contributed by atoms with Gasteiger partial charge in [-0.15, -0.1) is 11.3 Å². The van der Waals surface area contributed by atoms with E-state index in [1.807, 2.05) is 32.0 Å². The quantitative estimate of drug-likeness (QED) is 0.322. The number of Topliss-reactive ketones (excluding diaryl/α,β-unsaturated/α-hetero) is 1. The van der Waals surface area contributed by atoms with Crippen LogP contribution >= 0.6 is 22.9 Å². The van der Waals surface area contributed by atoms with Crippen molar-refractivity contribution < 1.29 is 22.7 Å². The number of nitrogens with zero attached hydrogens (tertiary/aromatic N) is 1. The van der Waals surface area contributed by atoms with Crippen molar-refractivity contribution >= 4 is 55.9 Å². The maximum Gasteiger partial charge on any atom is 0.267 e. The van der Waals surface area contributed by atoms with Crippen LogP contribution in [0.5, 0.6) is 5.75 Å². The average molecular weight is 573 g/mol. The molecule has 0 unspecified atom stereocenters. The summed E-state index contributed by atoms with van der Waals surface area (Å²) >= 11 is 7.25. The van der Waals surface area contributed by atoms with Crippen molar-refractivity contribution in [1.29, 1.82) is 0 Å². The van der Waals surface area contributed by atoms with Gasteiger partial charge in [0.1, 0.15) is 10.6 Å². The topological polar surface area (TPSA) is 102 Å². The van der Waals surface area contributed by atoms with Crippen molar-refractivity contribution in [2.45, 2.75) is 56.2 Å². The molecule has 2 heterocycles. The minimum Gasteiger partial charge on any atom is -0.497 e. The molecule has 0 radical (unpaired) electrons. The molecule has 1 aromatic heterocycles. The van der Waals surface area contributed by atoms with Crippen LogP contribution in [0.2, 0.25) is 5.02 Å². The zero-order valence-electron chi connectivity index (χ0n) is 21.8. The van der Waals surface area contributed by atoms with Crippen molar-refractivity contribution in [2.24, 2.45) is 4.99 Å². The van der Waals surface area contributed by atoms with Crippen LogP contribution in [-0.4, -0.2) is 43.7 Å². The number of methoxy groups -OCH3 is 1. The van der Waals surface area contributed by atoms with Crippen molar-refractivity contribution in [3.63, 3.8) is 0 Å². The van der Waals surface area contributed by atoms with Gasteiger partial charge in [0.05, 0.1) is 39.9 Å². The third kappa shape index (κ3) is 5.70. The number of hydrogen-bond donors (Lipinski definition) is 1. The molecule has 1 aliphatic rings. The van der Waals surface area contributed by atoms with Gasteiger partial charge in [0, 0.05) is 22.2 Å². The number of aliphatic imine (C=N–C) groups is 1. The number of hydrogen-bond acceptors (Lipinski definition) is 7. The SMILES string of the molecule is COc1ccc2c(c1)C(CC(=O)c1cccc(NC(=O)c3scc(S(=O)(=O)C(C)C)c3Cl)c1)=NC(C)(C)C2. The van der Waals surface area contributed by atoms with Crippen LogP contribution in [0.1, 0.15) is 65.3 Å². The predicted molar refractivity (Wildman–Crippen MR) is 152 cm³/mol. The molecule has 1 N–H and O–H groups in total. The second-order valence-corrected chi connectivity index (χ2v) is 13.8. The summed E-state index contributed by atoms with van der Waals surface area (Å²) in [6, 6.07) is 12.4. The fourth-order valence-electron chi connectivity index (χ4n) is 4.31. The number of ketones is 1. The fourth-order valence-corrected chi connectivity index (χ4v) is 7.29. The third-order valence-corrected chi connectivity index (χ3v) is 10.2. The first kappa shape index (κ1) is 28.0. The van der Waals surface area contributed by atoms with E-state index in [1.54, 1.807) is 45.2 Å². The van der Waals surface area contributed by atoms with E-state index in [9.17, 15) is 18.0 Å². The van der Waals surface area contributed by atoms with E-state index in [1.165, 1.54) is 5.38 Å². The fraction of sp³-hybridized carbons (Fsp3) is 0.321. The van der Waals surface area contributed by atoms with Crippen LogP contribution in [-0.2, 0) is 16.3 Å². The highest BCUT2D eigenvalue weighted by molar-refractivity contribution is 7.92. The number of benzene rings is 2. The van der Waals surface area contributed by atoms with E-state index in [4.69, 9.17) is 21.3 Å². The van der Waals surface area contributed by atoms with Gasteiger partial charge in [-0.3, -0.25) is 14.6 Å². The van der Waals surface area contributed by atoms with Crippen LogP contribution in [0.15, 0.2) is 57.7 Å². The molecule has 0 saturated heterocycles. The Morgan fingerprint density at radius 1 is 1.18 bits per heavy atom.